The van der Waals surface area contributed by atoms with Crippen LogP contribution >= 0.6 is 23.4 Å². The Morgan fingerprint density at radius 2 is 1.94 bits per heavy atom. The summed E-state index contributed by atoms with van der Waals surface area (Å²) in [5, 5.41) is 4.44. The summed E-state index contributed by atoms with van der Waals surface area (Å²) >= 11 is 7.69. The zero-order valence-corrected chi connectivity index (χ0v) is 20.9. The van der Waals surface area contributed by atoms with Gasteiger partial charge in [-0.15, -0.1) is 0 Å². The van der Waals surface area contributed by atoms with Crippen LogP contribution in [-0.2, 0) is 10.5 Å². The zero-order valence-electron chi connectivity index (χ0n) is 19.3. The van der Waals surface area contributed by atoms with Crippen molar-refractivity contribution in [3.05, 3.63) is 85.8 Å². The van der Waals surface area contributed by atoms with Gasteiger partial charge in [0.15, 0.2) is 10.9 Å². The number of nitrogens with zero attached hydrogens (tertiary/aromatic N) is 1. The maximum absolute atomic E-state index is 13.5. The molecule has 9 heteroatoms. The van der Waals surface area contributed by atoms with Gasteiger partial charge in [-0.1, -0.05) is 41.6 Å². The van der Waals surface area contributed by atoms with Crippen molar-refractivity contribution in [2.45, 2.75) is 36.1 Å². The van der Waals surface area contributed by atoms with E-state index in [-0.39, 0.29) is 11.3 Å². The van der Waals surface area contributed by atoms with Crippen LogP contribution < -0.4 is 20.3 Å². The quantitative estimate of drug-likeness (QED) is 0.344. The third kappa shape index (κ3) is 4.44. The van der Waals surface area contributed by atoms with E-state index in [0.717, 1.165) is 17.7 Å². The lowest BCUT2D eigenvalue weighted by Gasteiger charge is -2.33. The Balaban J connectivity index is 1.62. The second-order valence-electron chi connectivity index (χ2n) is 8.35. The SMILES string of the molecule is COc1ccc(OC)c([C@@H]2C3=C(CCCC3=O)Nc3nc(SCc4ccccc4Cl)[nH]c(=O)c32)c1. The van der Waals surface area contributed by atoms with E-state index >= 15 is 0 Å². The van der Waals surface area contributed by atoms with Crippen LogP contribution in [0.25, 0.3) is 0 Å². The molecule has 3 aromatic rings. The molecule has 2 aromatic carbocycles. The van der Waals surface area contributed by atoms with Gasteiger partial charge in [-0.3, -0.25) is 9.59 Å². The fraction of sp³-hybridized carbons (Fsp3) is 0.269. The van der Waals surface area contributed by atoms with Crippen LogP contribution in [0.1, 0.15) is 41.9 Å². The highest BCUT2D eigenvalue weighted by molar-refractivity contribution is 7.98. The Bertz CT molecular complexity index is 1400. The maximum atomic E-state index is 13.5. The highest BCUT2D eigenvalue weighted by atomic mass is 35.5. The number of aromatic nitrogens is 2. The van der Waals surface area contributed by atoms with Crippen LogP contribution in [0.4, 0.5) is 5.82 Å². The first-order valence-electron chi connectivity index (χ1n) is 11.3. The number of Topliss-reactive ketones (excluding diaryl/α,β-unsaturated/α-hetero) is 1. The Kier molecular flexibility index (Phi) is 6.58. The van der Waals surface area contributed by atoms with Crippen molar-refractivity contribution in [3.8, 4) is 11.5 Å². The number of allylic oxidation sites excluding steroid dienone is 2. The minimum absolute atomic E-state index is 0.0239. The third-order valence-electron chi connectivity index (χ3n) is 6.31. The molecule has 35 heavy (non-hydrogen) atoms. The second-order valence-corrected chi connectivity index (χ2v) is 9.72. The Morgan fingerprint density at radius 3 is 2.71 bits per heavy atom. The van der Waals surface area contributed by atoms with Gasteiger partial charge < -0.3 is 19.8 Å². The van der Waals surface area contributed by atoms with E-state index in [1.807, 2.05) is 30.3 Å². The number of thioether (sulfide) groups is 1. The van der Waals surface area contributed by atoms with Crippen LogP contribution in [0.2, 0.25) is 5.02 Å². The highest BCUT2D eigenvalue weighted by Gasteiger charge is 2.39. The van der Waals surface area contributed by atoms with Gasteiger partial charge in [0, 0.05) is 34.0 Å². The van der Waals surface area contributed by atoms with Gasteiger partial charge in [0.1, 0.15) is 17.3 Å². The standard InChI is InChI=1S/C26H24ClN3O4S/c1-33-15-10-11-20(34-2)16(12-15)21-22-18(8-5-9-19(22)31)28-24-23(21)25(32)30-26(29-24)35-13-14-6-3-4-7-17(14)27/h3-4,6-7,10-12,21H,5,8-9,13H2,1-2H3,(H2,28,29,30,32)/t21-/m1/s1. The van der Waals surface area contributed by atoms with Gasteiger partial charge in [-0.25, -0.2) is 4.98 Å². The molecule has 180 valence electrons. The molecule has 0 spiro atoms. The molecule has 1 aliphatic carbocycles. The summed E-state index contributed by atoms with van der Waals surface area (Å²) in [6.07, 6.45) is 1.90. The molecule has 5 rings (SSSR count). The van der Waals surface area contributed by atoms with Gasteiger partial charge in [-0.05, 0) is 42.7 Å². The van der Waals surface area contributed by atoms with E-state index in [1.165, 1.54) is 11.8 Å². The van der Waals surface area contributed by atoms with Gasteiger partial charge >= 0.3 is 0 Å². The number of hydrogen-bond donors (Lipinski definition) is 2. The number of halogens is 1. The van der Waals surface area contributed by atoms with Crippen molar-refractivity contribution in [1.82, 2.24) is 9.97 Å². The van der Waals surface area contributed by atoms with Crippen molar-refractivity contribution in [1.29, 1.82) is 0 Å². The Hall–Kier alpha value is -3.23. The summed E-state index contributed by atoms with van der Waals surface area (Å²) < 4.78 is 11.1. The molecule has 0 bridgehead atoms. The predicted octanol–water partition coefficient (Wildman–Crippen LogP) is 5.30. The monoisotopic (exact) mass is 509 g/mol. The lowest BCUT2D eigenvalue weighted by atomic mass is 9.76. The maximum Gasteiger partial charge on any atom is 0.257 e. The highest BCUT2D eigenvalue weighted by Crippen LogP contribution is 2.46. The average Bonchev–Trinajstić information content (AvgIpc) is 2.86. The summed E-state index contributed by atoms with van der Waals surface area (Å²) in [6, 6.07) is 13.0. The number of benzene rings is 2. The normalized spacial score (nSPS) is 16.9. The minimum atomic E-state index is -0.613. The molecular formula is C26H24ClN3O4S. The van der Waals surface area contributed by atoms with Crippen LogP contribution in [0.3, 0.4) is 0 Å². The molecule has 2 aliphatic rings. The number of rotatable bonds is 6. The number of ether oxygens (including phenoxy) is 2. The smallest absolute Gasteiger partial charge is 0.257 e. The number of carbonyl (C=O) groups is 1. The van der Waals surface area contributed by atoms with E-state index in [4.69, 9.17) is 26.1 Å². The number of H-pyrrole nitrogens is 1. The van der Waals surface area contributed by atoms with Gasteiger partial charge in [0.2, 0.25) is 0 Å². The zero-order chi connectivity index (χ0) is 24.5. The van der Waals surface area contributed by atoms with Crippen LogP contribution in [0.5, 0.6) is 11.5 Å². The summed E-state index contributed by atoms with van der Waals surface area (Å²) in [6.45, 7) is 0. The molecule has 1 aliphatic heterocycles. The van der Waals surface area contributed by atoms with Crippen LogP contribution in [-0.4, -0.2) is 30.0 Å². The minimum Gasteiger partial charge on any atom is -0.497 e. The Labute approximate surface area is 211 Å². The fourth-order valence-corrected chi connectivity index (χ4v) is 5.79. The number of aromatic amines is 1. The topological polar surface area (TPSA) is 93.3 Å². The number of ketones is 1. The average molecular weight is 510 g/mol. The summed E-state index contributed by atoms with van der Waals surface area (Å²) in [4.78, 5) is 34.3. The van der Waals surface area contributed by atoms with Gasteiger partial charge in [0.25, 0.3) is 5.56 Å². The first kappa shape index (κ1) is 23.5. The number of anilines is 1. The number of hydrogen-bond acceptors (Lipinski definition) is 7. The summed E-state index contributed by atoms with van der Waals surface area (Å²) in [7, 11) is 3.15. The fourth-order valence-electron chi connectivity index (χ4n) is 4.65. The van der Waals surface area contributed by atoms with Crippen molar-refractivity contribution in [2.24, 2.45) is 0 Å². The second kappa shape index (κ2) is 9.79. The van der Waals surface area contributed by atoms with Gasteiger partial charge in [0.05, 0.1) is 25.7 Å². The first-order chi connectivity index (χ1) is 17.0. The van der Waals surface area contributed by atoms with Crippen LogP contribution in [0.15, 0.2) is 63.7 Å². The molecular weight excluding hydrogens is 486 g/mol. The number of fused-ring (bicyclic) bond motifs is 1. The number of carbonyl (C=O) groups excluding carboxylic acids is 1. The van der Waals surface area contributed by atoms with Crippen molar-refractivity contribution in [3.63, 3.8) is 0 Å². The molecule has 7 nitrogen and oxygen atoms in total. The van der Waals surface area contributed by atoms with Crippen LogP contribution in [0, 0.1) is 0 Å². The number of nitrogens with one attached hydrogen (secondary N) is 2. The molecule has 0 amide bonds. The molecule has 0 saturated carbocycles. The Morgan fingerprint density at radius 1 is 1.11 bits per heavy atom. The van der Waals surface area contributed by atoms with E-state index < -0.39 is 5.92 Å². The summed E-state index contributed by atoms with van der Waals surface area (Å²) in [5.74, 6) is 1.61. The first-order valence-corrected chi connectivity index (χ1v) is 12.6. The largest absolute Gasteiger partial charge is 0.497 e. The molecule has 0 saturated heterocycles. The van der Waals surface area contributed by atoms with E-state index in [9.17, 15) is 9.59 Å². The van der Waals surface area contributed by atoms with Crippen molar-refractivity contribution < 1.29 is 14.3 Å². The molecule has 1 atom stereocenters. The van der Waals surface area contributed by atoms with Gasteiger partial charge in [-0.2, -0.15) is 0 Å². The predicted molar refractivity (Wildman–Crippen MR) is 137 cm³/mol. The molecule has 0 fully saturated rings. The molecule has 2 heterocycles. The lowest BCUT2D eigenvalue weighted by molar-refractivity contribution is -0.116. The van der Waals surface area contributed by atoms with E-state index in [2.05, 4.69) is 10.3 Å². The third-order valence-corrected chi connectivity index (χ3v) is 7.60. The molecule has 1 aromatic heterocycles. The molecule has 0 unspecified atom stereocenters. The number of methoxy groups -OCH3 is 2. The molecule has 0 radical (unpaired) electrons. The van der Waals surface area contributed by atoms with Crippen molar-refractivity contribution in [2.75, 3.05) is 19.5 Å². The van der Waals surface area contributed by atoms with E-state index in [1.54, 1.807) is 26.4 Å². The summed E-state index contributed by atoms with van der Waals surface area (Å²) in [5.41, 5.74) is 3.15. The molecule has 2 N–H and O–H groups in total. The lowest BCUT2D eigenvalue weighted by Crippen LogP contribution is -2.33. The van der Waals surface area contributed by atoms with E-state index in [0.29, 0.717) is 62.8 Å². The van der Waals surface area contributed by atoms with Crippen molar-refractivity contribution >= 4 is 35.0 Å².